The summed E-state index contributed by atoms with van der Waals surface area (Å²) in [5, 5.41) is 22.7. The zero-order chi connectivity index (χ0) is 21.3. The number of fused-ring (bicyclic) bond motifs is 1. The molecular formula is C19H20N6O5. The molecule has 0 saturated carbocycles. The molecule has 0 spiro atoms. The molecular weight excluding hydrogens is 392 g/mol. The lowest BCUT2D eigenvalue weighted by molar-refractivity contribution is -0.382. The quantitative estimate of drug-likeness (QED) is 0.379. The molecule has 1 aromatic heterocycles. The molecule has 11 heteroatoms. The van der Waals surface area contributed by atoms with Crippen LogP contribution in [0.2, 0.25) is 0 Å². The molecule has 0 radical (unpaired) electrons. The van der Waals surface area contributed by atoms with Crippen LogP contribution in [-0.4, -0.2) is 66.4 Å². The van der Waals surface area contributed by atoms with E-state index < -0.39 is 10.9 Å². The molecule has 1 N–H and O–H groups in total. The van der Waals surface area contributed by atoms with Crippen molar-refractivity contribution < 1.29 is 19.1 Å². The molecule has 0 aliphatic carbocycles. The summed E-state index contributed by atoms with van der Waals surface area (Å²) in [4.78, 5) is 27.6. The number of hydrogen-bond donors (Lipinski definition) is 1. The van der Waals surface area contributed by atoms with Crippen LogP contribution in [0.15, 0.2) is 35.0 Å². The Morgan fingerprint density at radius 3 is 2.57 bits per heavy atom. The van der Waals surface area contributed by atoms with E-state index in [0.29, 0.717) is 35.7 Å². The Balaban J connectivity index is 1.84. The minimum absolute atomic E-state index is 0.0504. The molecule has 30 heavy (non-hydrogen) atoms. The van der Waals surface area contributed by atoms with Crippen LogP contribution in [0.25, 0.3) is 11.0 Å². The summed E-state index contributed by atoms with van der Waals surface area (Å²) in [5.41, 5.74) is 1.78. The number of aromatic nitrogens is 2. The van der Waals surface area contributed by atoms with Gasteiger partial charge in [0.1, 0.15) is 5.69 Å². The second-order valence-electron chi connectivity index (χ2n) is 6.96. The Hall–Kier alpha value is -3.73. The van der Waals surface area contributed by atoms with Gasteiger partial charge in [-0.05, 0) is 35.6 Å². The predicted octanol–water partition coefficient (Wildman–Crippen LogP) is 2.41. The van der Waals surface area contributed by atoms with Crippen LogP contribution < -0.4 is 10.2 Å². The number of nitrogens with zero attached hydrogens (tertiary/aromatic N) is 5. The Morgan fingerprint density at radius 2 is 1.87 bits per heavy atom. The van der Waals surface area contributed by atoms with E-state index >= 15 is 0 Å². The molecule has 0 bridgehead atoms. The number of nitrogens with one attached hydrogen (secondary N) is 1. The number of likely N-dealkylation sites (N-methyl/N-ethyl adjacent to an activating group) is 1. The summed E-state index contributed by atoms with van der Waals surface area (Å²) in [6, 6.07) is 8.47. The van der Waals surface area contributed by atoms with Crippen LogP contribution in [-0.2, 0) is 4.74 Å². The zero-order valence-corrected chi connectivity index (χ0v) is 16.5. The van der Waals surface area contributed by atoms with Crippen LogP contribution in [0.1, 0.15) is 10.4 Å². The van der Waals surface area contributed by atoms with Crippen LogP contribution >= 0.6 is 0 Å². The standard InChI is InChI=1S/C19H20N6O5/c1-23-7-9-24(10-8-23)15-11-14(16-17(22-30-21-16)18(15)25(27)28)20-13-6-4-3-5-12(13)19(26)29-2/h3-6,11,20H,7-10H2,1-2H3. The van der Waals surface area contributed by atoms with Crippen molar-refractivity contribution >= 4 is 39.8 Å². The summed E-state index contributed by atoms with van der Waals surface area (Å²) >= 11 is 0. The van der Waals surface area contributed by atoms with Gasteiger partial charge < -0.3 is 19.9 Å². The van der Waals surface area contributed by atoms with Gasteiger partial charge in [-0.3, -0.25) is 10.1 Å². The van der Waals surface area contributed by atoms with Gasteiger partial charge in [0.05, 0.1) is 29.0 Å². The fourth-order valence-electron chi connectivity index (χ4n) is 3.50. The van der Waals surface area contributed by atoms with Crippen molar-refractivity contribution in [2.45, 2.75) is 0 Å². The van der Waals surface area contributed by atoms with Gasteiger partial charge in [0.15, 0.2) is 5.52 Å². The molecule has 2 heterocycles. The van der Waals surface area contributed by atoms with Gasteiger partial charge in [-0.2, -0.15) is 0 Å². The normalized spacial score (nSPS) is 14.7. The van der Waals surface area contributed by atoms with Crippen molar-refractivity contribution in [1.29, 1.82) is 0 Å². The Labute approximate surface area is 171 Å². The van der Waals surface area contributed by atoms with Gasteiger partial charge in [0, 0.05) is 26.2 Å². The Bertz CT molecular complexity index is 1110. The van der Waals surface area contributed by atoms with Gasteiger partial charge in [-0.15, -0.1) is 0 Å². The maximum absolute atomic E-state index is 12.1. The van der Waals surface area contributed by atoms with Gasteiger partial charge in [0.25, 0.3) is 0 Å². The summed E-state index contributed by atoms with van der Waals surface area (Å²) in [6.07, 6.45) is 0. The lowest BCUT2D eigenvalue weighted by Gasteiger charge is -2.33. The average Bonchev–Trinajstić information content (AvgIpc) is 3.23. The maximum atomic E-state index is 12.1. The van der Waals surface area contributed by atoms with Gasteiger partial charge in [-0.25, -0.2) is 9.42 Å². The SMILES string of the molecule is COC(=O)c1ccccc1Nc1cc(N2CCN(C)CC2)c([N+](=O)[O-])c2nonc12. The molecule has 0 amide bonds. The first-order valence-electron chi connectivity index (χ1n) is 9.31. The minimum atomic E-state index is -0.506. The molecule has 156 valence electrons. The number of rotatable bonds is 5. The van der Waals surface area contributed by atoms with Gasteiger partial charge in [0.2, 0.25) is 5.52 Å². The van der Waals surface area contributed by atoms with E-state index in [1.807, 2.05) is 11.9 Å². The molecule has 1 saturated heterocycles. The monoisotopic (exact) mass is 412 g/mol. The molecule has 1 fully saturated rings. The van der Waals surface area contributed by atoms with Crippen molar-refractivity contribution in [1.82, 2.24) is 15.2 Å². The van der Waals surface area contributed by atoms with Crippen LogP contribution in [0.4, 0.5) is 22.7 Å². The summed E-state index contributed by atoms with van der Waals surface area (Å²) in [7, 11) is 3.31. The molecule has 0 unspecified atom stereocenters. The summed E-state index contributed by atoms with van der Waals surface area (Å²) in [6.45, 7) is 2.82. The largest absolute Gasteiger partial charge is 0.465 e. The molecule has 11 nitrogen and oxygen atoms in total. The van der Waals surface area contributed by atoms with Crippen LogP contribution in [0.5, 0.6) is 0 Å². The number of anilines is 3. The highest BCUT2D eigenvalue weighted by Gasteiger charge is 2.30. The number of hydrogen-bond acceptors (Lipinski definition) is 10. The van der Waals surface area contributed by atoms with Gasteiger partial charge >= 0.3 is 11.7 Å². The fraction of sp³-hybridized carbons (Fsp3) is 0.316. The Morgan fingerprint density at radius 1 is 1.17 bits per heavy atom. The third-order valence-electron chi connectivity index (χ3n) is 5.12. The van der Waals surface area contributed by atoms with Crippen molar-refractivity contribution in [2.75, 3.05) is 50.6 Å². The van der Waals surface area contributed by atoms with E-state index in [-0.39, 0.29) is 16.7 Å². The number of methoxy groups -OCH3 is 1. The third kappa shape index (κ3) is 3.50. The van der Waals surface area contributed by atoms with Crippen molar-refractivity contribution in [3.63, 3.8) is 0 Å². The number of nitro groups is 1. The highest BCUT2D eigenvalue weighted by molar-refractivity contribution is 6.03. The van der Waals surface area contributed by atoms with Crippen LogP contribution in [0.3, 0.4) is 0 Å². The smallest absolute Gasteiger partial charge is 0.339 e. The van der Waals surface area contributed by atoms with E-state index in [4.69, 9.17) is 9.37 Å². The number of carbonyl (C=O) groups excluding carboxylic acids is 1. The topological polar surface area (TPSA) is 127 Å². The lowest BCUT2D eigenvalue weighted by atomic mass is 10.1. The molecule has 4 rings (SSSR count). The Kier molecular flexibility index (Phi) is 5.19. The van der Waals surface area contributed by atoms with E-state index in [0.717, 1.165) is 13.1 Å². The number of esters is 1. The predicted molar refractivity (Wildman–Crippen MR) is 109 cm³/mol. The third-order valence-corrected chi connectivity index (χ3v) is 5.12. The molecule has 1 aliphatic rings. The second-order valence-corrected chi connectivity index (χ2v) is 6.96. The minimum Gasteiger partial charge on any atom is -0.465 e. The maximum Gasteiger partial charge on any atom is 0.339 e. The number of carbonyl (C=O) groups is 1. The molecule has 2 aromatic carbocycles. The second kappa shape index (κ2) is 7.95. The average molecular weight is 412 g/mol. The molecule has 3 aromatic rings. The number of piperazine rings is 1. The van der Waals surface area contributed by atoms with Crippen molar-refractivity contribution in [3.8, 4) is 0 Å². The van der Waals surface area contributed by atoms with Crippen molar-refractivity contribution in [3.05, 3.63) is 46.0 Å². The number of nitro benzene ring substituents is 1. The first-order valence-corrected chi connectivity index (χ1v) is 9.31. The van der Waals surface area contributed by atoms with E-state index in [9.17, 15) is 14.9 Å². The number of benzene rings is 2. The summed E-state index contributed by atoms with van der Waals surface area (Å²) in [5.74, 6) is -0.506. The number of para-hydroxylation sites is 1. The first kappa shape index (κ1) is 19.6. The summed E-state index contributed by atoms with van der Waals surface area (Å²) < 4.78 is 9.67. The highest BCUT2D eigenvalue weighted by atomic mass is 16.6. The lowest BCUT2D eigenvalue weighted by Crippen LogP contribution is -2.44. The highest BCUT2D eigenvalue weighted by Crippen LogP contribution is 2.40. The first-order chi connectivity index (χ1) is 14.5. The van der Waals surface area contributed by atoms with E-state index in [1.54, 1.807) is 30.3 Å². The zero-order valence-electron chi connectivity index (χ0n) is 16.5. The van der Waals surface area contributed by atoms with E-state index in [1.165, 1.54) is 7.11 Å². The fourth-order valence-corrected chi connectivity index (χ4v) is 3.50. The van der Waals surface area contributed by atoms with Crippen molar-refractivity contribution in [2.24, 2.45) is 0 Å². The van der Waals surface area contributed by atoms with E-state index in [2.05, 4.69) is 20.5 Å². The van der Waals surface area contributed by atoms with Crippen LogP contribution in [0, 0.1) is 10.1 Å². The van der Waals surface area contributed by atoms with Gasteiger partial charge in [-0.1, -0.05) is 12.1 Å². The number of ether oxygens (including phenoxy) is 1. The molecule has 1 aliphatic heterocycles. The molecule has 0 atom stereocenters.